The minimum atomic E-state index is -0.430. The van der Waals surface area contributed by atoms with E-state index in [4.69, 9.17) is 17.4 Å². The first kappa shape index (κ1) is 23.2. The molecule has 0 aliphatic heterocycles. The van der Waals surface area contributed by atoms with Crippen molar-refractivity contribution in [3.05, 3.63) is 82.9 Å². The summed E-state index contributed by atoms with van der Waals surface area (Å²) in [5.74, 6) is 0. The van der Waals surface area contributed by atoms with Gasteiger partial charge in [0.1, 0.15) is 6.61 Å². The first-order valence-electron chi connectivity index (χ1n) is 9.81. The van der Waals surface area contributed by atoms with Crippen LogP contribution in [0.2, 0.25) is 0 Å². The minimum absolute atomic E-state index is 0.0213. The molecule has 0 saturated carbocycles. The second-order valence-electron chi connectivity index (χ2n) is 6.95. The van der Waals surface area contributed by atoms with E-state index in [0.717, 1.165) is 25.7 Å². The largest absolute Gasteiger partial charge is 0.444 e. The first-order valence-corrected chi connectivity index (χ1v) is 10.8. The van der Waals surface area contributed by atoms with E-state index in [1.54, 1.807) is 13.2 Å². The molecular weight excluding hydrogens is 400 g/mol. The van der Waals surface area contributed by atoms with Gasteiger partial charge >= 0.3 is 6.09 Å². The predicted molar refractivity (Wildman–Crippen MR) is 127 cm³/mol. The molecule has 2 N–H and O–H groups in total. The van der Waals surface area contributed by atoms with Crippen LogP contribution >= 0.6 is 25.3 Å². The van der Waals surface area contributed by atoms with Crippen molar-refractivity contribution in [3.8, 4) is 0 Å². The maximum Gasteiger partial charge on any atom is 0.407 e. The van der Waals surface area contributed by atoms with Crippen LogP contribution in [0.3, 0.4) is 0 Å². The van der Waals surface area contributed by atoms with Crippen molar-refractivity contribution in [3.63, 3.8) is 0 Å². The molecule has 0 saturated heterocycles. The van der Waals surface area contributed by atoms with Gasteiger partial charge in [-0.05, 0) is 36.8 Å². The Kier molecular flexibility index (Phi) is 10.6. The van der Waals surface area contributed by atoms with E-state index in [1.807, 2.05) is 36.4 Å². The molecule has 2 aromatic carbocycles. The van der Waals surface area contributed by atoms with Gasteiger partial charge in [0.2, 0.25) is 0 Å². The van der Waals surface area contributed by atoms with Crippen LogP contribution < -0.4 is 10.6 Å². The van der Waals surface area contributed by atoms with E-state index in [-0.39, 0.29) is 17.9 Å². The maximum atomic E-state index is 12.3. The topological polar surface area (TPSA) is 50.4 Å². The number of benzene rings is 2. The van der Waals surface area contributed by atoms with Gasteiger partial charge in [-0.15, -0.1) is 12.6 Å². The number of amides is 1. The lowest BCUT2D eigenvalue weighted by Crippen LogP contribution is -2.37. The Hall–Kier alpha value is -2.05. The van der Waals surface area contributed by atoms with Crippen molar-refractivity contribution >= 4 is 31.4 Å². The van der Waals surface area contributed by atoms with Crippen molar-refractivity contribution < 1.29 is 9.53 Å². The van der Waals surface area contributed by atoms with Crippen LogP contribution in [0, 0.1) is 0 Å². The van der Waals surface area contributed by atoms with Gasteiger partial charge < -0.3 is 15.4 Å². The Bertz CT molecular complexity index is 754. The molecule has 29 heavy (non-hydrogen) atoms. The quantitative estimate of drug-likeness (QED) is 0.393. The van der Waals surface area contributed by atoms with Crippen LogP contribution in [-0.4, -0.2) is 31.0 Å². The van der Waals surface area contributed by atoms with E-state index >= 15 is 0 Å². The van der Waals surface area contributed by atoms with Crippen LogP contribution in [-0.2, 0) is 17.6 Å². The molecule has 0 aliphatic rings. The number of hydrogen-bond donors (Lipinski definition) is 4. The average Bonchev–Trinajstić information content (AvgIpc) is 2.72. The zero-order valence-corrected chi connectivity index (χ0v) is 18.5. The molecule has 0 radical (unpaired) electrons. The number of carbonyl (C=O) groups is 1. The number of carbonyl (C=O) groups excluding carboxylic acids is 1. The molecule has 1 amide bonds. The highest BCUT2D eigenvalue weighted by atomic mass is 32.1. The van der Waals surface area contributed by atoms with Crippen molar-refractivity contribution in [2.75, 3.05) is 13.7 Å². The summed E-state index contributed by atoms with van der Waals surface area (Å²) < 4.78 is 5.27. The van der Waals surface area contributed by atoms with Gasteiger partial charge in [0.15, 0.2) is 0 Å². The summed E-state index contributed by atoms with van der Waals surface area (Å²) in [5, 5.41) is 6.10. The Morgan fingerprint density at radius 3 is 2.17 bits per heavy atom. The summed E-state index contributed by atoms with van der Waals surface area (Å²) in [6.07, 6.45) is 4.64. The Labute approximate surface area is 184 Å². The lowest BCUT2D eigenvalue weighted by atomic mass is 9.99. The molecule has 2 unspecified atom stereocenters. The number of thiol groups is 2. The van der Waals surface area contributed by atoms with Gasteiger partial charge in [-0.1, -0.05) is 60.7 Å². The molecule has 0 spiro atoms. The van der Waals surface area contributed by atoms with Crippen LogP contribution in [0.4, 0.5) is 4.79 Å². The van der Waals surface area contributed by atoms with Gasteiger partial charge in [-0.2, -0.15) is 12.6 Å². The summed E-state index contributed by atoms with van der Waals surface area (Å²) in [6, 6.07) is 20.5. The standard InChI is InChI=1S/C23H30N2O2S2/c1-24-16-22(29)17-27-23(26)25-20(14-18-8-4-2-5-9-18)12-13-21(28)15-19-10-6-3-7-11-19/h2-11,16,20-21,24,28-29H,12-15,17H2,1H3,(H,25,26)/b22-16-. The third kappa shape index (κ3) is 9.81. The van der Waals surface area contributed by atoms with E-state index in [9.17, 15) is 4.79 Å². The fourth-order valence-electron chi connectivity index (χ4n) is 3.06. The van der Waals surface area contributed by atoms with Gasteiger partial charge in [0.25, 0.3) is 0 Å². The first-order chi connectivity index (χ1) is 14.1. The van der Waals surface area contributed by atoms with E-state index in [2.05, 4.69) is 47.5 Å². The van der Waals surface area contributed by atoms with Gasteiger partial charge in [-0.3, -0.25) is 0 Å². The summed E-state index contributed by atoms with van der Waals surface area (Å²) in [4.78, 5) is 12.9. The fraction of sp³-hybridized carbons (Fsp3) is 0.348. The highest BCUT2D eigenvalue weighted by Crippen LogP contribution is 2.16. The van der Waals surface area contributed by atoms with Crippen molar-refractivity contribution in [1.82, 2.24) is 10.6 Å². The summed E-state index contributed by atoms with van der Waals surface area (Å²) in [5.41, 5.74) is 2.46. The van der Waals surface area contributed by atoms with E-state index in [1.165, 1.54) is 11.1 Å². The molecule has 0 aliphatic carbocycles. The van der Waals surface area contributed by atoms with Crippen LogP contribution in [0.15, 0.2) is 71.8 Å². The minimum Gasteiger partial charge on any atom is -0.444 e. The Morgan fingerprint density at radius 2 is 1.59 bits per heavy atom. The van der Waals surface area contributed by atoms with Crippen LogP contribution in [0.5, 0.6) is 0 Å². The molecule has 0 heterocycles. The van der Waals surface area contributed by atoms with Crippen molar-refractivity contribution in [1.29, 1.82) is 0 Å². The van der Waals surface area contributed by atoms with Gasteiger partial charge in [0.05, 0.1) is 0 Å². The molecule has 6 heteroatoms. The van der Waals surface area contributed by atoms with Gasteiger partial charge in [0, 0.05) is 29.4 Å². The molecule has 2 rings (SSSR count). The lowest BCUT2D eigenvalue weighted by molar-refractivity contribution is 0.152. The molecule has 2 aromatic rings. The number of alkyl carbamates (subject to hydrolysis) is 1. The second kappa shape index (κ2) is 13.2. The zero-order valence-electron chi connectivity index (χ0n) is 16.8. The average molecular weight is 431 g/mol. The molecule has 156 valence electrons. The monoisotopic (exact) mass is 430 g/mol. The SMILES string of the molecule is CN/C=C(\S)COC(=O)NC(CCC(S)Cc1ccccc1)Cc1ccccc1. The molecule has 2 atom stereocenters. The third-order valence-electron chi connectivity index (χ3n) is 4.47. The fourth-order valence-corrected chi connectivity index (χ4v) is 3.62. The second-order valence-corrected chi connectivity index (χ2v) is 8.26. The normalized spacial score (nSPS) is 13.4. The van der Waals surface area contributed by atoms with Crippen LogP contribution in [0.25, 0.3) is 0 Å². The van der Waals surface area contributed by atoms with Crippen molar-refractivity contribution in [2.45, 2.75) is 37.0 Å². The number of hydrogen-bond acceptors (Lipinski definition) is 5. The Balaban J connectivity index is 1.90. The Morgan fingerprint density at radius 1 is 1.00 bits per heavy atom. The van der Waals surface area contributed by atoms with Crippen LogP contribution in [0.1, 0.15) is 24.0 Å². The predicted octanol–water partition coefficient (Wildman–Crippen LogP) is 4.64. The van der Waals surface area contributed by atoms with Gasteiger partial charge in [-0.25, -0.2) is 4.79 Å². The number of nitrogens with one attached hydrogen (secondary N) is 2. The smallest absolute Gasteiger partial charge is 0.407 e. The molecule has 4 nitrogen and oxygen atoms in total. The van der Waals surface area contributed by atoms with Crippen molar-refractivity contribution in [2.24, 2.45) is 0 Å². The summed E-state index contributed by atoms with van der Waals surface area (Å²) >= 11 is 9.01. The number of rotatable bonds is 11. The lowest BCUT2D eigenvalue weighted by Gasteiger charge is -2.21. The maximum absolute atomic E-state index is 12.3. The highest BCUT2D eigenvalue weighted by molar-refractivity contribution is 7.84. The molecule has 0 fully saturated rings. The molecule has 0 bridgehead atoms. The summed E-state index contributed by atoms with van der Waals surface area (Å²) in [6.45, 7) is 0.136. The molecular formula is C23H30N2O2S2. The third-order valence-corrected chi connectivity index (χ3v) is 5.17. The zero-order chi connectivity index (χ0) is 20.9. The van der Waals surface area contributed by atoms with E-state index in [0.29, 0.717) is 4.91 Å². The highest BCUT2D eigenvalue weighted by Gasteiger charge is 2.16. The summed E-state index contributed by atoms with van der Waals surface area (Å²) in [7, 11) is 1.77. The number of ether oxygens (including phenoxy) is 1. The van der Waals surface area contributed by atoms with E-state index < -0.39 is 6.09 Å². The molecule has 0 aromatic heterocycles.